The van der Waals surface area contributed by atoms with Gasteiger partial charge in [0.1, 0.15) is 0 Å². The van der Waals surface area contributed by atoms with Gasteiger partial charge in [0.25, 0.3) is 5.91 Å². The summed E-state index contributed by atoms with van der Waals surface area (Å²) in [6.07, 6.45) is 0. The number of carbonyl (C=O) groups is 1. The van der Waals surface area contributed by atoms with E-state index in [0.717, 1.165) is 48.1 Å². The molecule has 1 fully saturated rings. The fourth-order valence-electron chi connectivity index (χ4n) is 2.72. The number of piperazine rings is 1. The zero-order chi connectivity index (χ0) is 16.6. The average molecular weight is 378 g/mol. The molecule has 0 aromatic heterocycles. The normalized spacial score (nSPS) is 14.6. The molecule has 0 aliphatic carbocycles. The van der Waals surface area contributed by atoms with Crippen LogP contribution in [0.5, 0.6) is 0 Å². The molecule has 3 rings (SSSR count). The minimum Gasteiger partial charge on any atom is -0.351 e. The molecule has 1 aliphatic heterocycles. The summed E-state index contributed by atoms with van der Waals surface area (Å²) in [6, 6.07) is 17.9. The Kier molecular flexibility index (Phi) is 8.28. The number of halogens is 1. The van der Waals surface area contributed by atoms with E-state index >= 15 is 0 Å². The lowest BCUT2D eigenvalue weighted by molar-refractivity contribution is 0.0944. The zero-order valence-electron chi connectivity index (χ0n) is 14.1. The van der Waals surface area contributed by atoms with Gasteiger partial charge in [0.05, 0.1) is 5.56 Å². The maximum Gasteiger partial charge on any atom is 0.252 e. The van der Waals surface area contributed by atoms with Crippen molar-refractivity contribution in [1.82, 2.24) is 15.5 Å². The Bertz CT molecular complexity index is 663. The highest BCUT2D eigenvalue weighted by atomic mass is 35.5. The van der Waals surface area contributed by atoms with Crippen molar-refractivity contribution in [1.29, 1.82) is 0 Å². The van der Waals surface area contributed by atoms with Crippen LogP contribution in [-0.4, -0.2) is 50.1 Å². The lowest BCUT2D eigenvalue weighted by atomic mass is 10.2. The van der Waals surface area contributed by atoms with Crippen molar-refractivity contribution in [2.75, 3.05) is 39.3 Å². The van der Waals surface area contributed by atoms with Gasteiger partial charge in [-0.3, -0.25) is 9.69 Å². The van der Waals surface area contributed by atoms with Crippen LogP contribution in [0.2, 0.25) is 0 Å². The van der Waals surface area contributed by atoms with E-state index in [1.54, 1.807) is 11.8 Å². The number of rotatable bonds is 6. The first kappa shape index (κ1) is 19.8. The van der Waals surface area contributed by atoms with Crippen molar-refractivity contribution in [3.8, 4) is 0 Å². The topological polar surface area (TPSA) is 44.4 Å². The van der Waals surface area contributed by atoms with Crippen LogP contribution >= 0.6 is 24.2 Å². The van der Waals surface area contributed by atoms with Gasteiger partial charge < -0.3 is 10.6 Å². The number of benzene rings is 2. The number of hydrogen-bond donors (Lipinski definition) is 2. The van der Waals surface area contributed by atoms with Crippen LogP contribution in [0.25, 0.3) is 0 Å². The number of nitrogens with one attached hydrogen (secondary N) is 2. The van der Waals surface area contributed by atoms with Crippen LogP contribution in [0.4, 0.5) is 0 Å². The summed E-state index contributed by atoms with van der Waals surface area (Å²) < 4.78 is 0. The fraction of sp³-hybridized carbons (Fsp3) is 0.316. The van der Waals surface area contributed by atoms with Crippen molar-refractivity contribution in [2.24, 2.45) is 0 Å². The van der Waals surface area contributed by atoms with Crippen molar-refractivity contribution in [3.05, 3.63) is 60.2 Å². The highest BCUT2D eigenvalue weighted by Gasteiger charge is 2.13. The predicted octanol–water partition coefficient (Wildman–Crippen LogP) is 2.89. The van der Waals surface area contributed by atoms with Crippen LogP contribution in [0, 0.1) is 0 Å². The van der Waals surface area contributed by atoms with Gasteiger partial charge in [-0.25, -0.2) is 0 Å². The summed E-state index contributed by atoms with van der Waals surface area (Å²) in [5, 5.41) is 6.40. The molecule has 1 heterocycles. The van der Waals surface area contributed by atoms with E-state index in [2.05, 4.69) is 27.7 Å². The molecule has 25 heavy (non-hydrogen) atoms. The molecule has 6 heteroatoms. The van der Waals surface area contributed by atoms with E-state index in [-0.39, 0.29) is 18.3 Å². The third kappa shape index (κ3) is 6.04. The minimum absolute atomic E-state index is 0. The summed E-state index contributed by atoms with van der Waals surface area (Å²) in [4.78, 5) is 17.0. The summed E-state index contributed by atoms with van der Waals surface area (Å²) >= 11 is 1.62. The first-order chi connectivity index (χ1) is 11.8. The Balaban J connectivity index is 0.00000225. The van der Waals surface area contributed by atoms with Crippen molar-refractivity contribution >= 4 is 30.1 Å². The monoisotopic (exact) mass is 377 g/mol. The number of hydrogen-bond acceptors (Lipinski definition) is 4. The van der Waals surface area contributed by atoms with Crippen LogP contribution in [0.1, 0.15) is 10.4 Å². The van der Waals surface area contributed by atoms with E-state index < -0.39 is 0 Å². The lowest BCUT2D eigenvalue weighted by Gasteiger charge is -2.27. The van der Waals surface area contributed by atoms with Gasteiger partial charge in [0.15, 0.2) is 0 Å². The molecule has 0 saturated carbocycles. The molecule has 0 bridgehead atoms. The van der Waals surface area contributed by atoms with Crippen LogP contribution < -0.4 is 10.6 Å². The first-order valence-corrected chi connectivity index (χ1v) is 9.18. The lowest BCUT2D eigenvalue weighted by Crippen LogP contribution is -2.46. The van der Waals surface area contributed by atoms with E-state index in [4.69, 9.17) is 0 Å². The standard InChI is InChI=1S/C19H23N3OS.ClH/c23-19(21-12-15-22-13-10-20-11-14-22)17-8-4-5-9-18(17)24-16-6-2-1-3-7-16;/h1-9,20H,10-15H2,(H,21,23);1H. The molecule has 0 atom stereocenters. The predicted molar refractivity (Wildman–Crippen MR) is 106 cm³/mol. The molecular formula is C19H24ClN3OS. The molecule has 1 saturated heterocycles. The highest BCUT2D eigenvalue weighted by Crippen LogP contribution is 2.30. The van der Waals surface area contributed by atoms with Crippen molar-refractivity contribution in [2.45, 2.75) is 9.79 Å². The molecule has 1 aliphatic rings. The summed E-state index contributed by atoms with van der Waals surface area (Å²) in [5.74, 6) is 0.00386. The van der Waals surface area contributed by atoms with Crippen LogP contribution in [0.3, 0.4) is 0 Å². The SMILES string of the molecule is Cl.O=C(NCCN1CCNCC1)c1ccccc1Sc1ccccc1. The molecule has 0 unspecified atom stereocenters. The third-order valence-corrected chi connectivity index (χ3v) is 5.11. The maximum absolute atomic E-state index is 12.5. The fourth-order valence-corrected chi connectivity index (χ4v) is 3.68. The largest absolute Gasteiger partial charge is 0.351 e. The number of amides is 1. The quantitative estimate of drug-likeness (QED) is 0.812. The van der Waals surface area contributed by atoms with Crippen LogP contribution in [-0.2, 0) is 0 Å². The van der Waals surface area contributed by atoms with Gasteiger partial charge in [-0.15, -0.1) is 12.4 Å². The van der Waals surface area contributed by atoms with E-state index in [9.17, 15) is 4.79 Å². The molecule has 2 aromatic rings. The number of carbonyl (C=O) groups excluding carboxylic acids is 1. The third-order valence-electron chi connectivity index (χ3n) is 4.03. The van der Waals surface area contributed by atoms with Gasteiger partial charge in [0.2, 0.25) is 0 Å². The second kappa shape index (κ2) is 10.5. The Labute approximate surface area is 159 Å². The highest BCUT2D eigenvalue weighted by molar-refractivity contribution is 7.99. The van der Waals surface area contributed by atoms with Crippen LogP contribution in [0.15, 0.2) is 64.4 Å². The molecule has 4 nitrogen and oxygen atoms in total. The first-order valence-electron chi connectivity index (χ1n) is 8.36. The molecular weight excluding hydrogens is 354 g/mol. The van der Waals surface area contributed by atoms with Gasteiger partial charge in [-0.2, -0.15) is 0 Å². The Morgan fingerprint density at radius 1 is 1.04 bits per heavy atom. The Hall–Kier alpha value is -1.53. The molecule has 2 N–H and O–H groups in total. The van der Waals surface area contributed by atoms with Gasteiger partial charge >= 0.3 is 0 Å². The zero-order valence-corrected chi connectivity index (χ0v) is 15.7. The van der Waals surface area contributed by atoms with Crippen molar-refractivity contribution in [3.63, 3.8) is 0 Å². The Morgan fingerprint density at radius 2 is 1.72 bits per heavy atom. The average Bonchev–Trinajstić information content (AvgIpc) is 2.64. The summed E-state index contributed by atoms with van der Waals surface area (Å²) in [7, 11) is 0. The van der Waals surface area contributed by atoms with Gasteiger partial charge in [-0.05, 0) is 24.3 Å². The maximum atomic E-state index is 12.5. The van der Waals surface area contributed by atoms with E-state index in [1.807, 2.05) is 42.5 Å². The van der Waals surface area contributed by atoms with E-state index in [0.29, 0.717) is 6.54 Å². The number of nitrogens with zero attached hydrogens (tertiary/aromatic N) is 1. The smallest absolute Gasteiger partial charge is 0.252 e. The minimum atomic E-state index is 0. The Morgan fingerprint density at radius 3 is 2.48 bits per heavy atom. The van der Waals surface area contributed by atoms with Crippen molar-refractivity contribution < 1.29 is 4.79 Å². The molecule has 1 amide bonds. The second-order valence-corrected chi connectivity index (χ2v) is 6.87. The summed E-state index contributed by atoms with van der Waals surface area (Å²) in [5.41, 5.74) is 0.742. The summed E-state index contributed by atoms with van der Waals surface area (Å²) in [6.45, 7) is 5.76. The molecule has 0 spiro atoms. The molecule has 2 aromatic carbocycles. The van der Waals surface area contributed by atoms with E-state index in [1.165, 1.54) is 0 Å². The second-order valence-electron chi connectivity index (χ2n) is 5.76. The van der Waals surface area contributed by atoms with Gasteiger partial charge in [0, 0.05) is 49.1 Å². The molecule has 0 radical (unpaired) electrons. The van der Waals surface area contributed by atoms with Gasteiger partial charge in [-0.1, -0.05) is 42.1 Å². The molecule has 134 valence electrons.